The number of nitrogens with one attached hydrogen (secondary N) is 3. The van der Waals surface area contributed by atoms with E-state index >= 15 is 0 Å². The van der Waals surface area contributed by atoms with Crippen LogP contribution in [-0.4, -0.2) is 45.1 Å². The van der Waals surface area contributed by atoms with Gasteiger partial charge in [0.1, 0.15) is 5.75 Å². The van der Waals surface area contributed by atoms with Gasteiger partial charge in [0.05, 0.1) is 12.3 Å². The zero-order valence-electron chi connectivity index (χ0n) is 20.4. The maximum Gasteiger partial charge on any atom is 0.301 e. The van der Waals surface area contributed by atoms with E-state index in [4.69, 9.17) is 4.74 Å². The molecule has 2 aliphatic heterocycles. The highest BCUT2D eigenvalue weighted by atomic mass is 32.2. The van der Waals surface area contributed by atoms with Crippen molar-refractivity contribution in [3.8, 4) is 17.0 Å². The van der Waals surface area contributed by atoms with Crippen LogP contribution in [0.4, 0.5) is 0 Å². The van der Waals surface area contributed by atoms with E-state index < -0.39 is 16.1 Å². The number of fused-ring (bicyclic) bond motifs is 4. The smallest absolute Gasteiger partial charge is 0.301 e. The number of amides is 1. The van der Waals surface area contributed by atoms with Crippen molar-refractivity contribution in [3.05, 3.63) is 52.6 Å². The number of carbonyl (C=O) groups excluding carboxylic acids is 1. The molecule has 35 heavy (non-hydrogen) atoms. The molecule has 3 heterocycles. The van der Waals surface area contributed by atoms with E-state index in [-0.39, 0.29) is 6.54 Å². The molecule has 0 saturated carbocycles. The van der Waals surface area contributed by atoms with Crippen LogP contribution in [0.5, 0.6) is 5.75 Å². The zero-order valence-corrected chi connectivity index (χ0v) is 21.2. The lowest BCUT2D eigenvalue weighted by Crippen LogP contribution is -2.42. The molecule has 1 atom stereocenters. The molecule has 186 valence electrons. The van der Waals surface area contributed by atoms with E-state index in [9.17, 15) is 13.2 Å². The van der Waals surface area contributed by atoms with E-state index in [2.05, 4.69) is 52.2 Å². The Balaban J connectivity index is 1.69. The molecule has 0 radical (unpaired) electrons. The second-order valence-corrected chi connectivity index (χ2v) is 11.1. The lowest BCUT2D eigenvalue weighted by molar-refractivity contribution is 0.0981. The first-order valence-electron chi connectivity index (χ1n) is 12.1. The Bertz CT molecular complexity index is 1410. The van der Waals surface area contributed by atoms with Gasteiger partial charge in [-0.1, -0.05) is 6.07 Å². The molecule has 2 aliphatic rings. The standard InChI is InChI=1S/C26H32N4O4S/c1-16-11-24-25(18(3)17(16)2)23-12-20-6-7-21-13-22(20)30(23)14-19(15-34-24)5-4-8-27-9-10-28-35(32,33)29-26(21)31/h6-7,11-13,19,27-28H,4-5,8-10,14-15H2,1-3H3,(H,29,31). The number of benzene rings is 2. The monoisotopic (exact) mass is 496 g/mol. The Morgan fingerprint density at radius 2 is 1.86 bits per heavy atom. The number of nitrogens with zero attached hydrogens (tertiary/aromatic N) is 1. The Labute approximate surface area is 206 Å². The Morgan fingerprint density at radius 3 is 2.69 bits per heavy atom. The number of rotatable bonds is 0. The highest BCUT2D eigenvalue weighted by Gasteiger charge is 2.25. The van der Waals surface area contributed by atoms with Gasteiger partial charge in [0.2, 0.25) is 0 Å². The molecule has 1 aromatic heterocycles. The minimum atomic E-state index is -3.94. The lowest BCUT2D eigenvalue weighted by atomic mass is 9.94. The Kier molecular flexibility index (Phi) is 6.33. The molecule has 9 heteroatoms. The summed E-state index contributed by atoms with van der Waals surface area (Å²) in [4.78, 5) is 12.8. The zero-order chi connectivity index (χ0) is 24.7. The van der Waals surface area contributed by atoms with Gasteiger partial charge in [-0.15, -0.1) is 0 Å². The van der Waals surface area contributed by atoms with Crippen molar-refractivity contribution in [2.45, 2.75) is 40.2 Å². The van der Waals surface area contributed by atoms with Gasteiger partial charge in [-0.2, -0.15) is 13.1 Å². The van der Waals surface area contributed by atoms with Crippen LogP contribution in [0.3, 0.4) is 0 Å². The second kappa shape index (κ2) is 9.29. The van der Waals surface area contributed by atoms with E-state index in [1.165, 1.54) is 16.7 Å². The predicted octanol–water partition coefficient (Wildman–Crippen LogP) is 3.19. The molecule has 2 aromatic carbocycles. The van der Waals surface area contributed by atoms with Crippen molar-refractivity contribution in [3.63, 3.8) is 0 Å². The summed E-state index contributed by atoms with van der Waals surface area (Å²) in [5, 5.41) is 4.28. The highest BCUT2D eigenvalue weighted by molar-refractivity contribution is 7.88. The summed E-state index contributed by atoms with van der Waals surface area (Å²) < 4.78 is 37.9. The minimum absolute atomic E-state index is 0.204. The third-order valence-corrected chi connectivity index (χ3v) is 8.29. The summed E-state index contributed by atoms with van der Waals surface area (Å²) in [6.45, 7) is 9.22. The number of hydrogen-bond donors (Lipinski definition) is 3. The number of ether oxygens (including phenoxy) is 1. The van der Waals surface area contributed by atoms with Crippen LogP contribution < -0.4 is 19.5 Å². The van der Waals surface area contributed by atoms with E-state index in [1.807, 2.05) is 6.07 Å². The molecule has 0 saturated heterocycles. The first kappa shape index (κ1) is 23.8. The van der Waals surface area contributed by atoms with Crippen molar-refractivity contribution in [2.24, 2.45) is 5.92 Å². The van der Waals surface area contributed by atoms with Crippen molar-refractivity contribution in [2.75, 3.05) is 26.2 Å². The summed E-state index contributed by atoms with van der Waals surface area (Å²) in [5.41, 5.74) is 6.99. The van der Waals surface area contributed by atoms with Crippen molar-refractivity contribution < 1.29 is 17.9 Å². The maximum absolute atomic E-state index is 12.8. The molecule has 5 rings (SSSR count). The minimum Gasteiger partial charge on any atom is -0.493 e. The van der Waals surface area contributed by atoms with Gasteiger partial charge in [0, 0.05) is 47.6 Å². The molecule has 4 bridgehead atoms. The van der Waals surface area contributed by atoms with Crippen LogP contribution in [-0.2, 0) is 16.8 Å². The van der Waals surface area contributed by atoms with Crippen molar-refractivity contribution in [1.82, 2.24) is 19.3 Å². The molecular formula is C26H32N4O4S. The third kappa shape index (κ3) is 4.68. The fourth-order valence-electron chi connectivity index (χ4n) is 5.10. The fraction of sp³-hybridized carbons (Fsp3) is 0.423. The maximum atomic E-state index is 12.8. The fourth-order valence-corrected chi connectivity index (χ4v) is 5.91. The molecular weight excluding hydrogens is 464 g/mol. The average Bonchev–Trinajstić information content (AvgIpc) is 3.14. The second-order valence-electron chi connectivity index (χ2n) is 9.63. The van der Waals surface area contributed by atoms with Crippen LogP contribution in [0, 0.1) is 26.7 Å². The van der Waals surface area contributed by atoms with Gasteiger partial charge < -0.3 is 14.6 Å². The predicted molar refractivity (Wildman–Crippen MR) is 137 cm³/mol. The average molecular weight is 497 g/mol. The largest absolute Gasteiger partial charge is 0.493 e. The van der Waals surface area contributed by atoms with E-state index in [0.717, 1.165) is 53.8 Å². The summed E-state index contributed by atoms with van der Waals surface area (Å²) in [7, 11) is -3.94. The molecule has 1 amide bonds. The molecule has 3 aromatic rings. The first-order chi connectivity index (χ1) is 16.7. The molecule has 8 nitrogen and oxygen atoms in total. The Morgan fingerprint density at radius 1 is 1.03 bits per heavy atom. The third-order valence-electron chi connectivity index (χ3n) is 7.25. The SMILES string of the molecule is Cc1cc2c(c(C)c1C)-c1cc3ccc4cc3n1CC(CCCNCCNS(=O)(=O)NC4=O)CO2. The Hall–Kier alpha value is -2.88. The normalized spacial score (nSPS) is 20.7. The number of aromatic nitrogens is 1. The topological polar surface area (TPSA) is 101 Å². The highest BCUT2D eigenvalue weighted by Crippen LogP contribution is 2.41. The van der Waals surface area contributed by atoms with Crippen LogP contribution >= 0.6 is 0 Å². The summed E-state index contributed by atoms with van der Waals surface area (Å²) >= 11 is 0. The number of hydrogen-bond acceptors (Lipinski definition) is 5. The first-order valence-corrected chi connectivity index (χ1v) is 13.6. The summed E-state index contributed by atoms with van der Waals surface area (Å²) in [6, 6.07) is 9.64. The van der Waals surface area contributed by atoms with Gasteiger partial charge in [0.15, 0.2) is 0 Å². The molecule has 3 N–H and O–H groups in total. The van der Waals surface area contributed by atoms with Gasteiger partial charge >= 0.3 is 10.2 Å². The van der Waals surface area contributed by atoms with Crippen molar-refractivity contribution >= 4 is 27.0 Å². The summed E-state index contributed by atoms with van der Waals surface area (Å²) in [6.07, 6.45) is 1.92. The van der Waals surface area contributed by atoms with Crippen molar-refractivity contribution in [1.29, 1.82) is 0 Å². The van der Waals surface area contributed by atoms with Crippen LogP contribution in [0.1, 0.15) is 39.9 Å². The summed E-state index contributed by atoms with van der Waals surface area (Å²) in [5.74, 6) is 0.538. The number of aryl methyl sites for hydroxylation is 1. The quantitative estimate of drug-likeness (QED) is 0.444. The molecule has 1 unspecified atom stereocenters. The molecule has 0 aliphatic carbocycles. The van der Waals surface area contributed by atoms with E-state index in [1.54, 1.807) is 12.1 Å². The van der Waals surface area contributed by atoms with Gasteiger partial charge in [-0.3, -0.25) is 4.79 Å². The van der Waals surface area contributed by atoms with Crippen LogP contribution in [0.2, 0.25) is 0 Å². The number of carbonyl (C=O) groups is 1. The van der Waals surface area contributed by atoms with Crippen LogP contribution in [0.15, 0.2) is 30.3 Å². The van der Waals surface area contributed by atoms with Crippen LogP contribution in [0.25, 0.3) is 22.2 Å². The van der Waals surface area contributed by atoms with Gasteiger partial charge in [0.25, 0.3) is 5.91 Å². The van der Waals surface area contributed by atoms with Gasteiger partial charge in [-0.25, -0.2) is 4.72 Å². The molecule has 0 fully saturated rings. The lowest BCUT2D eigenvalue weighted by Gasteiger charge is -2.27. The van der Waals surface area contributed by atoms with E-state index in [0.29, 0.717) is 24.6 Å². The van der Waals surface area contributed by atoms with Gasteiger partial charge in [-0.05, 0) is 81.1 Å². The molecule has 0 spiro atoms.